The van der Waals surface area contributed by atoms with E-state index < -0.39 is 0 Å². The number of aryl methyl sites for hydroxylation is 2. The number of hydrogen-bond donors (Lipinski definition) is 1. The van der Waals surface area contributed by atoms with E-state index in [1.165, 1.54) is 17.8 Å². The molecular formula is C18H23FN4OS. The van der Waals surface area contributed by atoms with Crippen molar-refractivity contribution in [1.82, 2.24) is 9.97 Å². The Morgan fingerprint density at radius 1 is 1.28 bits per heavy atom. The van der Waals surface area contributed by atoms with Crippen LogP contribution in [0.15, 0.2) is 23.2 Å². The topological polar surface area (TPSA) is 58.1 Å². The highest BCUT2D eigenvalue weighted by atomic mass is 32.2. The highest BCUT2D eigenvalue weighted by molar-refractivity contribution is 7.98. The first-order valence-electron chi connectivity index (χ1n) is 7.97. The fourth-order valence-electron chi connectivity index (χ4n) is 2.43. The summed E-state index contributed by atoms with van der Waals surface area (Å²) in [5, 5.41) is 3.35. The van der Waals surface area contributed by atoms with Crippen molar-refractivity contribution >= 4 is 29.0 Å². The van der Waals surface area contributed by atoms with Gasteiger partial charge in [0.05, 0.1) is 16.9 Å². The van der Waals surface area contributed by atoms with Crippen molar-refractivity contribution in [3.8, 4) is 0 Å². The van der Waals surface area contributed by atoms with E-state index in [4.69, 9.17) is 0 Å². The van der Waals surface area contributed by atoms with Gasteiger partial charge in [0.25, 0.3) is 5.91 Å². The van der Waals surface area contributed by atoms with Crippen LogP contribution in [0.1, 0.15) is 35.7 Å². The third-order valence-electron chi connectivity index (χ3n) is 3.95. The predicted molar refractivity (Wildman–Crippen MR) is 101 cm³/mol. The molecule has 0 aliphatic heterocycles. The zero-order chi connectivity index (χ0) is 18.7. The van der Waals surface area contributed by atoms with Crippen molar-refractivity contribution in [3.63, 3.8) is 0 Å². The summed E-state index contributed by atoms with van der Waals surface area (Å²) in [6, 6.07) is 4.86. The monoisotopic (exact) mass is 362 g/mol. The molecule has 0 unspecified atom stereocenters. The number of aromatic nitrogens is 2. The molecule has 0 fully saturated rings. The molecule has 0 spiro atoms. The van der Waals surface area contributed by atoms with Gasteiger partial charge in [-0.1, -0.05) is 0 Å². The summed E-state index contributed by atoms with van der Waals surface area (Å²) in [7, 11) is 1.83. The van der Waals surface area contributed by atoms with Crippen LogP contribution in [0.4, 0.5) is 15.8 Å². The third-order valence-corrected chi connectivity index (χ3v) is 4.63. The summed E-state index contributed by atoms with van der Waals surface area (Å²) in [5.41, 5.74) is 1.91. The molecule has 0 radical (unpaired) electrons. The molecule has 1 aromatic carbocycles. The molecule has 0 aliphatic rings. The lowest BCUT2D eigenvalue weighted by atomic mass is 10.2. The molecule has 134 valence electrons. The molecule has 2 rings (SSSR count). The second-order valence-electron chi connectivity index (χ2n) is 6.07. The van der Waals surface area contributed by atoms with Crippen molar-refractivity contribution in [2.45, 2.75) is 38.8 Å². The van der Waals surface area contributed by atoms with Crippen LogP contribution in [0, 0.1) is 19.7 Å². The van der Waals surface area contributed by atoms with Gasteiger partial charge in [0.2, 0.25) is 0 Å². The number of rotatable bonds is 5. The Labute approximate surface area is 152 Å². The first kappa shape index (κ1) is 19.2. The van der Waals surface area contributed by atoms with Gasteiger partial charge in [0.15, 0.2) is 0 Å². The van der Waals surface area contributed by atoms with Crippen LogP contribution in [0.2, 0.25) is 0 Å². The molecule has 0 aliphatic carbocycles. The fraction of sp³-hybridized carbons (Fsp3) is 0.389. The normalized spacial score (nSPS) is 10.9. The van der Waals surface area contributed by atoms with Crippen molar-refractivity contribution in [1.29, 1.82) is 0 Å². The van der Waals surface area contributed by atoms with Gasteiger partial charge in [-0.05, 0) is 52.1 Å². The van der Waals surface area contributed by atoms with Crippen LogP contribution in [-0.4, -0.2) is 35.2 Å². The van der Waals surface area contributed by atoms with Gasteiger partial charge < -0.3 is 10.2 Å². The standard InChI is InChI=1S/C18H23FN4OS/c1-10(2)23(5)15-8-7-13(9-14(15)19)22-17(24)16-11(3)20-12(4)21-18(16)25-6/h7-10H,1-6H3,(H,22,24). The zero-order valence-corrected chi connectivity index (χ0v) is 16.2. The van der Waals surface area contributed by atoms with Crippen LogP contribution in [0.5, 0.6) is 0 Å². The second-order valence-corrected chi connectivity index (χ2v) is 6.86. The van der Waals surface area contributed by atoms with E-state index >= 15 is 0 Å². The molecule has 0 saturated carbocycles. The molecule has 1 aromatic heterocycles. The Hall–Kier alpha value is -2.15. The highest BCUT2D eigenvalue weighted by Crippen LogP contribution is 2.25. The van der Waals surface area contributed by atoms with E-state index in [1.807, 2.05) is 32.1 Å². The number of nitrogens with one attached hydrogen (secondary N) is 1. The first-order valence-corrected chi connectivity index (χ1v) is 9.20. The lowest BCUT2D eigenvalue weighted by Crippen LogP contribution is -2.26. The van der Waals surface area contributed by atoms with Crippen LogP contribution in [0.25, 0.3) is 0 Å². The van der Waals surface area contributed by atoms with Gasteiger partial charge >= 0.3 is 0 Å². The second kappa shape index (κ2) is 7.82. The quantitative estimate of drug-likeness (QED) is 0.642. The first-order chi connectivity index (χ1) is 11.7. The van der Waals surface area contributed by atoms with E-state index in [0.29, 0.717) is 33.5 Å². The third kappa shape index (κ3) is 4.28. The van der Waals surface area contributed by atoms with Gasteiger partial charge in [-0.25, -0.2) is 14.4 Å². The summed E-state index contributed by atoms with van der Waals surface area (Å²) in [6.07, 6.45) is 1.86. The summed E-state index contributed by atoms with van der Waals surface area (Å²) >= 11 is 1.38. The summed E-state index contributed by atoms with van der Waals surface area (Å²) < 4.78 is 14.4. The maximum Gasteiger partial charge on any atom is 0.260 e. The lowest BCUT2D eigenvalue weighted by molar-refractivity contribution is 0.102. The number of halogens is 1. The van der Waals surface area contributed by atoms with E-state index in [9.17, 15) is 9.18 Å². The minimum absolute atomic E-state index is 0.173. The number of amides is 1. The molecule has 0 bridgehead atoms. The summed E-state index contributed by atoms with van der Waals surface area (Å²) in [4.78, 5) is 23.0. The van der Waals surface area contributed by atoms with E-state index in [-0.39, 0.29) is 17.8 Å². The van der Waals surface area contributed by atoms with Crippen LogP contribution < -0.4 is 10.2 Å². The SMILES string of the molecule is CSc1nc(C)nc(C)c1C(=O)Nc1ccc(N(C)C(C)C)c(F)c1. The van der Waals surface area contributed by atoms with Gasteiger partial charge in [-0.3, -0.25) is 4.79 Å². The molecule has 1 amide bonds. The van der Waals surface area contributed by atoms with Crippen molar-refractivity contribution < 1.29 is 9.18 Å². The molecule has 7 heteroatoms. The van der Waals surface area contributed by atoms with Gasteiger partial charge in [0.1, 0.15) is 16.7 Å². The highest BCUT2D eigenvalue weighted by Gasteiger charge is 2.18. The number of anilines is 2. The maximum absolute atomic E-state index is 14.4. The fourth-order valence-corrected chi connectivity index (χ4v) is 3.10. The molecule has 25 heavy (non-hydrogen) atoms. The smallest absolute Gasteiger partial charge is 0.260 e. The minimum atomic E-state index is -0.379. The number of carbonyl (C=O) groups excluding carboxylic acids is 1. The van der Waals surface area contributed by atoms with Crippen LogP contribution in [-0.2, 0) is 0 Å². The number of thioether (sulfide) groups is 1. The Balaban J connectivity index is 2.29. The Kier molecular flexibility index (Phi) is 6.00. The number of nitrogens with zero attached hydrogens (tertiary/aromatic N) is 3. The Bertz CT molecular complexity index is 795. The van der Waals surface area contributed by atoms with Crippen molar-refractivity contribution in [3.05, 3.63) is 41.1 Å². The lowest BCUT2D eigenvalue weighted by Gasteiger charge is -2.24. The summed E-state index contributed by atoms with van der Waals surface area (Å²) in [5.74, 6) is -0.104. The minimum Gasteiger partial charge on any atom is -0.370 e. The van der Waals surface area contributed by atoms with Crippen molar-refractivity contribution in [2.75, 3.05) is 23.5 Å². The predicted octanol–water partition coefficient (Wildman–Crippen LogP) is 4.05. The molecule has 1 heterocycles. The van der Waals surface area contributed by atoms with Gasteiger partial charge in [-0.15, -0.1) is 11.8 Å². The van der Waals surface area contributed by atoms with E-state index in [1.54, 1.807) is 26.0 Å². The number of carbonyl (C=O) groups is 1. The molecule has 1 N–H and O–H groups in total. The molecule has 0 atom stereocenters. The van der Waals surface area contributed by atoms with Crippen LogP contribution in [0.3, 0.4) is 0 Å². The van der Waals surface area contributed by atoms with E-state index in [2.05, 4.69) is 15.3 Å². The maximum atomic E-state index is 14.4. The van der Waals surface area contributed by atoms with Gasteiger partial charge in [0, 0.05) is 18.8 Å². The largest absolute Gasteiger partial charge is 0.370 e. The molecule has 2 aromatic rings. The Morgan fingerprint density at radius 2 is 1.96 bits per heavy atom. The molecular weight excluding hydrogens is 339 g/mol. The van der Waals surface area contributed by atoms with Gasteiger partial charge in [-0.2, -0.15) is 0 Å². The Morgan fingerprint density at radius 3 is 2.52 bits per heavy atom. The molecule has 0 saturated heterocycles. The van der Waals surface area contributed by atoms with Crippen LogP contribution >= 0.6 is 11.8 Å². The zero-order valence-electron chi connectivity index (χ0n) is 15.3. The average molecular weight is 362 g/mol. The van der Waals surface area contributed by atoms with Crippen molar-refractivity contribution in [2.24, 2.45) is 0 Å². The summed E-state index contributed by atoms with van der Waals surface area (Å²) in [6.45, 7) is 7.52. The average Bonchev–Trinajstić information content (AvgIpc) is 2.53. The molecule has 5 nitrogen and oxygen atoms in total. The number of hydrogen-bond acceptors (Lipinski definition) is 5. The number of benzene rings is 1. The van der Waals surface area contributed by atoms with E-state index in [0.717, 1.165) is 0 Å².